The molecule has 90 valence electrons. The van der Waals surface area contributed by atoms with Gasteiger partial charge in [0.1, 0.15) is 0 Å². The van der Waals surface area contributed by atoms with E-state index in [1.54, 1.807) is 0 Å². The third-order valence-electron chi connectivity index (χ3n) is 1.53. The fourth-order valence-corrected chi connectivity index (χ4v) is 5.18. The summed E-state index contributed by atoms with van der Waals surface area (Å²) in [6.45, 7) is 0. The quantitative estimate of drug-likeness (QED) is 0.786. The van der Waals surface area contributed by atoms with Gasteiger partial charge in [-0.25, -0.2) is 4.21 Å². The Morgan fingerprint density at radius 2 is 1.75 bits per heavy atom. The summed E-state index contributed by atoms with van der Waals surface area (Å²) in [5.41, 5.74) is 0. The van der Waals surface area contributed by atoms with Crippen molar-refractivity contribution in [2.24, 2.45) is 3.77 Å². The molecule has 0 aromatic heterocycles. The fraction of sp³-hybridized carbons (Fsp3) is 0.143. The van der Waals surface area contributed by atoms with Gasteiger partial charge in [0.15, 0.2) is 0 Å². The average Bonchev–Trinajstić information content (AvgIpc) is 2.04. The first-order chi connectivity index (χ1) is 7.12. The third kappa shape index (κ3) is 3.78. The Labute approximate surface area is 108 Å². The number of hydrogen-bond donors (Lipinski definition) is 0. The lowest BCUT2D eigenvalue weighted by Gasteiger charge is -2.05. The van der Waals surface area contributed by atoms with Crippen LogP contribution in [0.4, 0.5) is 0 Å². The van der Waals surface area contributed by atoms with Gasteiger partial charge in [-0.3, -0.25) is 0 Å². The Kier molecular flexibility index (Phi) is 4.13. The van der Waals surface area contributed by atoms with Crippen molar-refractivity contribution in [1.82, 2.24) is 0 Å². The normalized spacial score (nSPS) is 15.5. The zero-order valence-corrected chi connectivity index (χ0v) is 11.8. The molecule has 0 radical (unpaired) electrons. The Balaban J connectivity index is 3.57. The first-order valence-corrected chi connectivity index (χ1v) is 8.69. The SMILES string of the molecule is CS(=O)(=NS(=O)(=O)Cl)c1cc(Cl)ccc1Cl. The molecule has 0 fully saturated rings. The summed E-state index contributed by atoms with van der Waals surface area (Å²) < 4.78 is 36.6. The average molecular weight is 323 g/mol. The minimum atomic E-state index is -4.24. The van der Waals surface area contributed by atoms with Crippen molar-refractivity contribution in [2.75, 3.05) is 6.26 Å². The zero-order valence-electron chi connectivity index (χ0n) is 7.85. The van der Waals surface area contributed by atoms with Gasteiger partial charge >= 0.3 is 9.24 Å². The van der Waals surface area contributed by atoms with Crippen LogP contribution in [0.2, 0.25) is 10.0 Å². The molecule has 4 nitrogen and oxygen atoms in total. The highest BCUT2D eigenvalue weighted by molar-refractivity contribution is 8.17. The maximum Gasteiger partial charge on any atom is 0.347 e. The summed E-state index contributed by atoms with van der Waals surface area (Å²) in [5.74, 6) is 0. The molecule has 1 rings (SSSR count). The highest BCUT2D eigenvalue weighted by atomic mass is 35.7. The van der Waals surface area contributed by atoms with Crippen LogP contribution in [-0.4, -0.2) is 18.9 Å². The van der Waals surface area contributed by atoms with E-state index < -0.39 is 19.0 Å². The highest BCUT2D eigenvalue weighted by Crippen LogP contribution is 2.27. The van der Waals surface area contributed by atoms with Crippen LogP contribution in [-0.2, 0) is 19.0 Å². The maximum atomic E-state index is 12.0. The van der Waals surface area contributed by atoms with Gasteiger partial charge in [-0.1, -0.05) is 27.0 Å². The molecule has 0 aliphatic carbocycles. The van der Waals surface area contributed by atoms with E-state index in [4.69, 9.17) is 33.9 Å². The topological polar surface area (TPSA) is 63.6 Å². The van der Waals surface area contributed by atoms with Crippen LogP contribution >= 0.6 is 33.9 Å². The molecule has 9 heteroatoms. The first-order valence-electron chi connectivity index (χ1n) is 3.75. The van der Waals surface area contributed by atoms with Crippen molar-refractivity contribution in [1.29, 1.82) is 0 Å². The molecule has 0 spiro atoms. The summed E-state index contributed by atoms with van der Waals surface area (Å²) in [6.07, 6.45) is 1.12. The van der Waals surface area contributed by atoms with E-state index in [1.807, 2.05) is 0 Å². The lowest BCUT2D eigenvalue weighted by atomic mass is 10.4. The molecular weight excluding hydrogens is 317 g/mol. The van der Waals surface area contributed by atoms with Crippen LogP contribution in [0.15, 0.2) is 26.9 Å². The van der Waals surface area contributed by atoms with E-state index in [1.165, 1.54) is 18.2 Å². The summed E-state index contributed by atoms with van der Waals surface area (Å²) >= 11 is 11.5. The summed E-state index contributed by atoms with van der Waals surface area (Å²) in [5, 5.41) is 0.386. The van der Waals surface area contributed by atoms with Crippen molar-refractivity contribution < 1.29 is 12.6 Å². The molecular formula is C7H6Cl3NO3S2. The Morgan fingerprint density at radius 1 is 1.19 bits per heavy atom. The van der Waals surface area contributed by atoms with Gasteiger partial charge in [-0.2, -0.15) is 8.42 Å². The number of hydrogen-bond acceptors (Lipinski definition) is 3. The molecule has 0 bridgehead atoms. The van der Waals surface area contributed by atoms with Gasteiger partial charge in [0.25, 0.3) is 0 Å². The second-order valence-corrected chi connectivity index (χ2v) is 8.34. The molecule has 0 aliphatic rings. The minimum Gasteiger partial charge on any atom is -0.244 e. The Hall–Kier alpha value is -0.0100. The predicted octanol–water partition coefficient (Wildman–Crippen LogP) is 2.93. The fourth-order valence-electron chi connectivity index (χ4n) is 0.977. The van der Waals surface area contributed by atoms with Gasteiger partial charge in [-0.15, -0.1) is 0 Å². The number of rotatable bonds is 2. The third-order valence-corrected chi connectivity index (χ3v) is 5.72. The molecule has 0 amide bonds. The highest BCUT2D eigenvalue weighted by Gasteiger charge is 2.15. The second-order valence-electron chi connectivity index (χ2n) is 2.86. The van der Waals surface area contributed by atoms with E-state index in [0.717, 1.165) is 6.26 Å². The maximum absolute atomic E-state index is 12.0. The van der Waals surface area contributed by atoms with E-state index in [2.05, 4.69) is 3.77 Å². The Bertz CT molecular complexity index is 632. The predicted molar refractivity (Wildman–Crippen MR) is 66.0 cm³/mol. The molecule has 0 saturated carbocycles. The van der Waals surface area contributed by atoms with Crippen molar-refractivity contribution >= 4 is 52.9 Å². The van der Waals surface area contributed by atoms with Crippen LogP contribution in [0.1, 0.15) is 0 Å². The standard InChI is InChI=1S/C7H6Cl3NO3S2/c1-15(12,11-16(10,13)14)7-4-5(8)2-3-6(7)9/h2-4H,1H3. The lowest BCUT2D eigenvalue weighted by molar-refractivity contribution is 0.611. The molecule has 0 N–H and O–H groups in total. The largest absolute Gasteiger partial charge is 0.347 e. The number of halogens is 3. The van der Waals surface area contributed by atoms with Gasteiger partial charge in [0.05, 0.1) is 19.6 Å². The summed E-state index contributed by atoms with van der Waals surface area (Å²) in [7, 11) is -2.56. The van der Waals surface area contributed by atoms with Crippen molar-refractivity contribution in [3.05, 3.63) is 28.2 Å². The van der Waals surface area contributed by atoms with E-state index in [0.29, 0.717) is 0 Å². The molecule has 1 unspecified atom stereocenters. The molecule has 16 heavy (non-hydrogen) atoms. The molecule has 1 aromatic rings. The zero-order chi connectivity index (χ0) is 12.6. The first kappa shape index (κ1) is 14.1. The monoisotopic (exact) mass is 321 g/mol. The number of benzene rings is 1. The van der Waals surface area contributed by atoms with Crippen LogP contribution in [0.25, 0.3) is 0 Å². The van der Waals surface area contributed by atoms with Crippen LogP contribution in [0.5, 0.6) is 0 Å². The van der Waals surface area contributed by atoms with Gasteiger partial charge in [0, 0.05) is 22.0 Å². The van der Waals surface area contributed by atoms with Crippen molar-refractivity contribution in [3.8, 4) is 0 Å². The van der Waals surface area contributed by atoms with Crippen LogP contribution < -0.4 is 0 Å². The molecule has 1 aromatic carbocycles. The second kappa shape index (κ2) is 4.70. The van der Waals surface area contributed by atoms with Gasteiger partial charge in [-0.05, 0) is 18.2 Å². The van der Waals surface area contributed by atoms with Crippen LogP contribution in [0, 0.1) is 0 Å². The Morgan fingerprint density at radius 3 is 2.25 bits per heavy atom. The summed E-state index contributed by atoms with van der Waals surface area (Å²) in [6, 6.07) is 4.18. The number of nitrogens with zero attached hydrogens (tertiary/aromatic N) is 1. The molecule has 0 saturated heterocycles. The van der Waals surface area contributed by atoms with E-state index >= 15 is 0 Å². The van der Waals surface area contributed by atoms with E-state index in [9.17, 15) is 12.6 Å². The van der Waals surface area contributed by atoms with Gasteiger partial charge < -0.3 is 0 Å². The molecule has 0 aliphatic heterocycles. The smallest absolute Gasteiger partial charge is 0.244 e. The minimum absolute atomic E-state index is 0.0332. The molecule has 1 atom stereocenters. The van der Waals surface area contributed by atoms with Crippen molar-refractivity contribution in [2.45, 2.75) is 4.90 Å². The van der Waals surface area contributed by atoms with E-state index in [-0.39, 0.29) is 14.9 Å². The summed E-state index contributed by atoms with van der Waals surface area (Å²) in [4.78, 5) is 0.0332. The van der Waals surface area contributed by atoms with Gasteiger partial charge in [0.2, 0.25) is 0 Å². The molecule has 0 heterocycles. The van der Waals surface area contributed by atoms with Crippen LogP contribution in [0.3, 0.4) is 0 Å². The lowest BCUT2D eigenvalue weighted by Crippen LogP contribution is -2.01. The van der Waals surface area contributed by atoms with Crippen molar-refractivity contribution in [3.63, 3.8) is 0 Å².